The maximum absolute atomic E-state index is 13.0. The molecule has 0 radical (unpaired) electrons. The number of benzene rings is 3. The van der Waals surface area contributed by atoms with Gasteiger partial charge in [0.2, 0.25) is 4.80 Å². The van der Waals surface area contributed by atoms with Gasteiger partial charge >= 0.3 is 0 Å². The number of para-hydroxylation sites is 2. The number of rotatable bonds is 3. The maximum Gasteiger partial charge on any atom is 0.283 e. The second-order valence-corrected chi connectivity index (χ2v) is 8.38. The second kappa shape index (κ2) is 7.68. The summed E-state index contributed by atoms with van der Waals surface area (Å²) < 4.78 is 5.06. The van der Waals surface area contributed by atoms with E-state index in [1.807, 2.05) is 73.7 Å². The van der Waals surface area contributed by atoms with Gasteiger partial charge in [-0.25, -0.2) is 4.98 Å². The number of fused-ring (bicyclic) bond motifs is 2. The maximum atomic E-state index is 13.0. The van der Waals surface area contributed by atoms with Crippen molar-refractivity contribution in [2.75, 3.05) is 0 Å². The monoisotopic (exact) mass is 450 g/mol. The van der Waals surface area contributed by atoms with E-state index >= 15 is 0 Å². The number of hydrogen-bond donors (Lipinski definition) is 0. The molecule has 6 rings (SSSR count). The number of nitrogens with zero attached hydrogens (tertiary/aromatic N) is 6. The lowest BCUT2D eigenvalue weighted by Gasteiger charge is -2.09. The van der Waals surface area contributed by atoms with E-state index in [0.29, 0.717) is 22.5 Å². The molecule has 0 amide bonds. The van der Waals surface area contributed by atoms with Crippen LogP contribution in [-0.2, 0) is 0 Å². The lowest BCUT2D eigenvalue weighted by Crippen LogP contribution is -2.18. The third-order valence-electron chi connectivity index (χ3n) is 5.46. The minimum atomic E-state index is -0.209. The molecule has 33 heavy (non-hydrogen) atoms. The van der Waals surface area contributed by atoms with Gasteiger partial charge in [0.1, 0.15) is 0 Å². The first-order valence-electron chi connectivity index (χ1n) is 10.4. The van der Waals surface area contributed by atoms with Gasteiger partial charge in [0, 0.05) is 11.1 Å². The summed E-state index contributed by atoms with van der Waals surface area (Å²) in [6.45, 7) is 1.82. The molecule has 0 saturated carbocycles. The molecule has 0 bridgehead atoms. The lowest BCUT2D eigenvalue weighted by molar-refractivity contribution is 0.790. The van der Waals surface area contributed by atoms with E-state index in [4.69, 9.17) is 5.10 Å². The van der Waals surface area contributed by atoms with Crippen LogP contribution in [0.2, 0.25) is 0 Å². The predicted octanol–water partition coefficient (Wildman–Crippen LogP) is 4.24. The summed E-state index contributed by atoms with van der Waals surface area (Å²) in [4.78, 5) is 18.4. The average Bonchev–Trinajstić information content (AvgIpc) is 3.42. The molecule has 0 aliphatic rings. The van der Waals surface area contributed by atoms with Gasteiger partial charge in [0.05, 0.1) is 16.6 Å². The van der Waals surface area contributed by atoms with Crippen LogP contribution >= 0.6 is 11.3 Å². The number of hydrogen-bond acceptors (Lipinski definition) is 5. The Balaban J connectivity index is 1.66. The van der Waals surface area contributed by atoms with Crippen LogP contribution in [0.4, 0.5) is 0 Å². The Labute approximate surface area is 192 Å². The zero-order valence-corrected chi connectivity index (χ0v) is 18.5. The fourth-order valence-electron chi connectivity index (χ4n) is 3.89. The van der Waals surface area contributed by atoms with Crippen molar-refractivity contribution >= 4 is 28.0 Å². The molecule has 0 unspecified atom stereocenters. The summed E-state index contributed by atoms with van der Waals surface area (Å²) in [7, 11) is 0. The Bertz CT molecular complexity index is 1740. The van der Waals surface area contributed by atoms with Gasteiger partial charge < -0.3 is 0 Å². The van der Waals surface area contributed by atoms with Crippen molar-refractivity contribution in [1.82, 2.24) is 23.8 Å². The molecule has 0 fully saturated rings. The topological polar surface area (TPSA) is 69.5 Å². The molecule has 8 heteroatoms. The molecule has 0 aliphatic heterocycles. The standard InChI is InChI=1S/C25H18N6OS/c1-17-27-31-23(32)20-14-8-9-15-21(20)26-24(31)30(17)28-25-29(19-12-6-3-7-13-19)22(16-33-25)18-10-4-2-5-11-18/h2-16H,1H3/b28-25-. The van der Waals surface area contributed by atoms with E-state index in [9.17, 15) is 4.79 Å². The van der Waals surface area contributed by atoms with Crippen molar-refractivity contribution < 1.29 is 0 Å². The fraction of sp³-hybridized carbons (Fsp3) is 0.0400. The average molecular weight is 451 g/mol. The van der Waals surface area contributed by atoms with Crippen molar-refractivity contribution in [1.29, 1.82) is 0 Å². The molecule has 6 aromatic rings. The van der Waals surface area contributed by atoms with Crippen LogP contribution in [0.5, 0.6) is 0 Å². The number of thiazole rings is 1. The van der Waals surface area contributed by atoms with E-state index in [-0.39, 0.29) is 5.56 Å². The highest BCUT2D eigenvalue weighted by atomic mass is 32.1. The third-order valence-corrected chi connectivity index (χ3v) is 6.27. The van der Waals surface area contributed by atoms with Crippen LogP contribution in [0.3, 0.4) is 0 Å². The minimum Gasteiger partial charge on any atom is -0.284 e. The third kappa shape index (κ3) is 3.19. The molecular weight excluding hydrogens is 432 g/mol. The van der Waals surface area contributed by atoms with Gasteiger partial charge in [-0.05, 0) is 36.8 Å². The van der Waals surface area contributed by atoms with E-state index in [0.717, 1.165) is 21.7 Å². The molecule has 0 spiro atoms. The SMILES string of the molecule is Cc1nn2c(=O)c3ccccc3nc2n1/N=c1\scc(-c2ccccc2)n1-c1ccccc1. The Morgan fingerprint density at radius 2 is 1.58 bits per heavy atom. The van der Waals surface area contributed by atoms with Gasteiger partial charge in [0.25, 0.3) is 11.3 Å². The van der Waals surface area contributed by atoms with Gasteiger partial charge in [0.15, 0.2) is 5.82 Å². The van der Waals surface area contributed by atoms with Crippen molar-refractivity contribution in [3.63, 3.8) is 0 Å². The van der Waals surface area contributed by atoms with E-state index in [1.165, 1.54) is 15.9 Å². The first-order chi connectivity index (χ1) is 16.2. The molecule has 3 aromatic heterocycles. The summed E-state index contributed by atoms with van der Waals surface area (Å²) in [5.74, 6) is 0.953. The van der Waals surface area contributed by atoms with Crippen LogP contribution in [0.25, 0.3) is 33.6 Å². The van der Waals surface area contributed by atoms with Gasteiger partial charge in [-0.15, -0.1) is 21.5 Å². The normalized spacial score (nSPS) is 12.1. The van der Waals surface area contributed by atoms with Gasteiger partial charge in [-0.2, -0.15) is 9.19 Å². The summed E-state index contributed by atoms with van der Waals surface area (Å²) in [6.07, 6.45) is 0. The van der Waals surface area contributed by atoms with E-state index in [2.05, 4.69) is 32.2 Å². The Kier molecular flexibility index (Phi) is 4.51. The van der Waals surface area contributed by atoms with Crippen molar-refractivity contribution in [3.05, 3.63) is 111 Å². The highest BCUT2D eigenvalue weighted by Gasteiger charge is 2.15. The predicted molar refractivity (Wildman–Crippen MR) is 130 cm³/mol. The Morgan fingerprint density at radius 3 is 2.36 bits per heavy atom. The summed E-state index contributed by atoms with van der Waals surface area (Å²) >= 11 is 1.52. The van der Waals surface area contributed by atoms with Crippen molar-refractivity contribution in [2.45, 2.75) is 6.92 Å². The molecule has 7 nitrogen and oxygen atoms in total. The van der Waals surface area contributed by atoms with Crippen LogP contribution in [0.1, 0.15) is 5.82 Å². The molecular formula is C25H18N6OS. The molecule has 0 saturated heterocycles. The van der Waals surface area contributed by atoms with Gasteiger partial charge in [-0.1, -0.05) is 60.7 Å². The first-order valence-corrected chi connectivity index (χ1v) is 11.3. The van der Waals surface area contributed by atoms with Crippen LogP contribution in [0, 0.1) is 6.92 Å². The highest BCUT2D eigenvalue weighted by molar-refractivity contribution is 7.07. The molecule has 0 atom stereocenters. The van der Waals surface area contributed by atoms with Crippen LogP contribution in [0.15, 0.2) is 100 Å². The van der Waals surface area contributed by atoms with Gasteiger partial charge in [-0.3, -0.25) is 9.36 Å². The zero-order chi connectivity index (χ0) is 22.4. The quantitative estimate of drug-likeness (QED) is 0.405. The lowest BCUT2D eigenvalue weighted by atomic mass is 10.1. The molecule has 3 heterocycles. The smallest absolute Gasteiger partial charge is 0.283 e. The first kappa shape index (κ1) is 19.4. The summed E-state index contributed by atoms with van der Waals surface area (Å²) in [5.41, 5.74) is 3.52. The summed E-state index contributed by atoms with van der Waals surface area (Å²) in [6, 6.07) is 27.6. The van der Waals surface area contributed by atoms with E-state index in [1.54, 1.807) is 10.7 Å². The fourth-order valence-corrected chi connectivity index (χ4v) is 4.79. The molecule has 3 aromatic carbocycles. The molecule has 160 valence electrons. The van der Waals surface area contributed by atoms with Crippen LogP contribution in [-0.4, -0.2) is 23.8 Å². The van der Waals surface area contributed by atoms with E-state index < -0.39 is 0 Å². The highest BCUT2D eigenvalue weighted by Crippen LogP contribution is 2.23. The Morgan fingerprint density at radius 1 is 0.879 bits per heavy atom. The largest absolute Gasteiger partial charge is 0.284 e. The zero-order valence-electron chi connectivity index (χ0n) is 17.7. The van der Waals surface area contributed by atoms with Crippen LogP contribution < -0.4 is 10.4 Å². The number of aromatic nitrogens is 5. The molecule has 0 N–H and O–H groups in total. The minimum absolute atomic E-state index is 0.209. The van der Waals surface area contributed by atoms with Crippen molar-refractivity contribution in [3.8, 4) is 16.9 Å². The van der Waals surface area contributed by atoms with Crippen molar-refractivity contribution in [2.24, 2.45) is 5.10 Å². The number of aryl methyl sites for hydroxylation is 1. The Hall–Kier alpha value is -4.30. The second-order valence-electron chi connectivity index (χ2n) is 7.55. The summed E-state index contributed by atoms with van der Waals surface area (Å²) in [5, 5.41) is 12.0. The molecule has 0 aliphatic carbocycles.